The monoisotopic (exact) mass is 407 g/mol. The first-order valence-electron chi connectivity index (χ1n) is 11.0. The third-order valence-electron chi connectivity index (χ3n) is 5.60. The van der Waals surface area contributed by atoms with Crippen LogP contribution >= 0.6 is 0 Å². The van der Waals surface area contributed by atoms with Crippen LogP contribution in [-0.4, -0.2) is 16.1 Å². The molecule has 2 aromatic heterocycles. The zero-order valence-corrected chi connectivity index (χ0v) is 18.4. The molecule has 4 aromatic rings. The molecule has 0 unspecified atom stereocenters. The Kier molecular flexibility index (Phi) is 6.69. The molecule has 0 saturated carbocycles. The molecular weight excluding hydrogens is 378 g/mol. The van der Waals surface area contributed by atoms with E-state index in [1.165, 1.54) is 22.0 Å². The van der Waals surface area contributed by atoms with Crippen LogP contribution in [0.25, 0.3) is 10.9 Å². The first-order chi connectivity index (χ1) is 15.2. The number of rotatable bonds is 7. The summed E-state index contributed by atoms with van der Waals surface area (Å²) in [5.74, 6) is 6.67. The molecule has 0 atom stereocenters. The molecule has 0 bridgehead atoms. The highest BCUT2D eigenvalue weighted by Crippen LogP contribution is 2.25. The Morgan fingerprint density at radius 1 is 0.968 bits per heavy atom. The lowest BCUT2D eigenvalue weighted by atomic mass is 10.0. The third kappa shape index (κ3) is 5.16. The number of benzene rings is 2. The van der Waals surface area contributed by atoms with E-state index in [2.05, 4.69) is 88.2 Å². The highest BCUT2D eigenvalue weighted by atomic mass is 15.0. The maximum absolute atomic E-state index is 4.23. The summed E-state index contributed by atoms with van der Waals surface area (Å²) in [6.45, 7) is 5.70. The maximum atomic E-state index is 4.23. The molecule has 0 saturated heterocycles. The molecule has 3 nitrogen and oxygen atoms in total. The Morgan fingerprint density at radius 2 is 1.84 bits per heavy atom. The molecule has 0 aliphatic heterocycles. The predicted molar refractivity (Wildman–Crippen MR) is 130 cm³/mol. The number of fused-ring (bicyclic) bond motifs is 1. The zero-order valence-electron chi connectivity index (χ0n) is 18.4. The lowest BCUT2D eigenvalue weighted by Gasteiger charge is -2.06. The fourth-order valence-corrected chi connectivity index (χ4v) is 4.07. The van der Waals surface area contributed by atoms with Crippen molar-refractivity contribution in [2.45, 2.75) is 39.7 Å². The predicted octanol–water partition coefficient (Wildman–Crippen LogP) is 6.00. The number of aromatic nitrogens is 2. The van der Waals surface area contributed by atoms with Gasteiger partial charge in [-0.05, 0) is 74.4 Å². The first kappa shape index (κ1) is 20.8. The number of nitrogens with one attached hydrogen (secondary N) is 1. The molecule has 31 heavy (non-hydrogen) atoms. The van der Waals surface area contributed by atoms with Gasteiger partial charge in [0, 0.05) is 35.0 Å². The molecule has 2 aromatic carbocycles. The first-order valence-corrected chi connectivity index (χ1v) is 11.0. The van der Waals surface area contributed by atoms with E-state index in [4.69, 9.17) is 0 Å². The van der Waals surface area contributed by atoms with Gasteiger partial charge in [0.2, 0.25) is 0 Å². The minimum atomic E-state index is 0.610. The molecule has 0 fully saturated rings. The molecule has 1 N–H and O–H groups in total. The highest BCUT2D eigenvalue weighted by Gasteiger charge is 2.09. The van der Waals surface area contributed by atoms with Gasteiger partial charge in [-0.1, -0.05) is 48.4 Å². The van der Waals surface area contributed by atoms with Crippen LogP contribution in [0.4, 0.5) is 5.69 Å². The van der Waals surface area contributed by atoms with E-state index in [1.807, 2.05) is 25.3 Å². The lowest BCUT2D eigenvalue weighted by Crippen LogP contribution is -2.00. The standard InChI is InChI=1S/C28H29N3/c1-3-31-26(15-9-18-30-25-17-19-29-22(2)20-25)21-27-24(14-8-16-28(27)31)13-7-12-23-10-5-4-6-11-23/h4-6,8,10-11,14,16-17,19-21H,3,7,12-13,18H2,1-2H3,(H,29,30). The Hall–Kier alpha value is -3.51. The molecular formula is C28H29N3. The number of hydrogen-bond donors (Lipinski definition) is 1. The molecule has 0 aliphatic carbocycles. The van der Waals surface area contributed by atoms with Gasteiger partial charge in [-0.15, -0.1) is 0 Å². The summed E-state index contributed by atoms with van der Waals surface area (Å²) in [4.78, 5) is 4.23. The van der Waals surface area contributed by atoms with Crippen molar-refractivity contribution in [3.05, 3.63) is 95.4 Å². The third-order valence-corrected chi connectivity index (χ3v) is 5.60. The topological polar surface area (TPSA) is 29.9 Å². The molecule has 2 heterocycles. The SMILES string of the molecule is CCn1c(C#CCNc2ccnc(C)c2)cc2c(CCCc3ccccc3)cccc21. The normalized spacial score (nSPS) is 10.6. The van der Waals surface area contributed by atoms with Gasteiger partial charge in [0.15, 0.2) is 0 Å². The second kappa shape index (κ2) is 10.00. The molecule has 0 radical (unpaired) electrons. The van der Waals surface area contributed by atoms with E-state index in [-0.39, 0.29) is 0 Å². The van der Waals surface area contributed by atoms with Crippen molar-refractivity contribution in [1.82, 2.24) is 9.55 Å². The van der Waals surface area contributed by atoms with Crippen molar-refractivity contribution >= 4 is 16.6 Å². The van der Waals surface area contributed by atoms with E-state index in [0.29, 0.717) is 6.54 Å². The average molecular weight is 408 g/mol. The minimum absolute atomic E-state index is 0.610. The van der Waals surface area contributed by atoms with Crippen molar-refractivity contribution in [3.63, 3.8) is 0 Å². The number of nitrogens with zero attached hydrogens (tertiary/aromatic N) is 2. The summed E-state index contributed by atoms with van der Waals surface area (Å²) >= 11 is 0. The van der Waals surface area contributed by atoms with Gasteiger partial charge in [0.1, 0.15) is 0 Å². The van der Waals surface area contributed by atoms with Crippen LogP contribution in [-0.2, 0) is 19.4 Å². The molecule has 0 amide bonds. The van der Waals surface area contributed by atoms with Crippen LogP contribution < -0.4 is 5.32 Å². The zero-order chi connectivity index (χ0) is 21.5. The Balaban J connectivity index is 1.48. The van der Waals surface area contributed by atoms with Crippen LogP contribution in [0.2, 0.25) is 0 Å². The van der Waals surface area contributed by atoms with Crippen molar-refractivity contribution in [2.75, 3.05) is 11.9 Å². The van der Waals surface area contributed by atoms with Crippen LogP contribution in [0.5, 0.6) is 0 Å². The van der Waals surface area contributed by atoms with E-state index in [0.717, 1.165) is 42.9 Å². The van der Waals surface area contributed by atoms with Gasteiger partial charge in [0.05, 0.1) is 12.2 Å². The smallest absolute Gasteiger partial charge is 0.0931 e. The molecule has 4 rings (SSSR count). The number of aryl methyl sites for hydroxylation is 4. The van der Waals surface area contributed by atoms with E-state index < -0.39 is 0 Å². The summed E-state index contributed by atoms with van der Waals surface area (Å²) in [5, 5.41) is 4.69. The Labute approximate surface area is 185 Å². The summed E-state index contributed by atoms with van der Waals surface area (Å²) in [6, 6.07) is 23.7. The fraction of sp³-hybridized carbons (Fsp3) is 0.250. The summed E-state index contributed by atoms with van der Waals surface area (Å²) in [7, 11) is 0. The average Bonchev–Trinajstić information content (AvgIpc) is 3.16. The van der Waals surface area contributed by atoms with Crippen molar-refractivity contribution in [3.8, 4) is 11.8 Å². The summed E-state index contributed by atoms with van der Waals surface area (Å²) < 4.78 is 2.32. The van der Waals surface area contributed by atoms with Crippen molar-refractivity contribution < 1.29 is 0 Å². The van der Waals surface area contributed by atoms with Gasteiger partial charge in [-0.25, -0.2) is 0 Å². The van der Waals surface area contributed by atoms with Gasteiger partial charge in [-0.3, -0.25) is 4.98 Å². The number of hydrogen-bond acceptors (Lipinski definition) is 2. The molecule has 0 aliphatic rings. The van der Waals surface area contributed by atoms with Crippen LogP contribution in [0.1, 0.15) is 35.9 Å². The van der Waals surface area contributed by atoms with Gasteiger partial charge in [0.25, 0.3) is 0 Å². The fourth-order valence-electron chi connectivity index (χ4n) is 4.07. The van der Waals surface area contributed by atoms with Crippen LogP contribution in [0.15, 0.2) is 72.9 Å². The number of pyridine rings is 1. The van der Waals surface area contributed by atoms with Gasteiger partial charge in [-0.2, -0.15) is 0 Å². The van der Waals surface area contributed by atoms with E-state index >= 15 is 0 Å². The minimum Gasteiger partial charge on any atom is -0.374 e. The van der Waals surface area contributed by atoms with Gasteiger partial charge < -0.3 is 9.88 Å². The van der Waals surface area contributed by atoms with E-state index in [9.17, 15) is 0 Å². The highest BCUT2D eigenvalue weighted by molar-refractivity contribution is 5.86. The second-order valence-electron chi connectivity index (χ2n) is 7.80. The van der Waals surface area contributed by atoms with Crippen molar-refractivity contribution in [2.24, 2.45) is 0 Å². The molecule has 156 valence electrons. The Morgan fingerprint density at radius 3 is 2.65 bits per heavy atom. The maximum Gasteiger partial charge on any atom is 0.0931 e. The summed E-state index contributed by atoms with van der Waals surface area (Å²) in [6.07, 6.45) is 5.16. The summed E-state index contributed by atoms with van der Waals surface area (Å²) in [5.41, 5.74) is 7.24. The lowest BCUT2D eigenvalue weighted by molar-refractivity contribution is 0.786. The second-order valence-corrected chi connectivity index (χ2v) is 7.80. The van der Waals surface area contributed by atoms with Crippen LogP contribution in [0, 0.1) is 18.8 Å². The van der Waals surface area contributed by atoms with Gasteiger partial charge >= 0.3 is 0 Å². The largest absolute Gasteiger partial charge is 0.374 e. The molecule has 3 heteroatoms. The van der Waals surface area contributed by atoms with Crippen LogP contribution in [0.3, 0.4) is 0 Å². The number of anilines is 1. The van der Waals surface area contributed by atoms with Crippen molar-refractivity contribution in [1.29, 1.82) is 0 Å². The molecule has 0 spiro atoms. The Bertz CT molecular complexity index is 1210. The quantitative estimate of drug-likeness (QED) is 0.381. The van der Waals surface area contributed by atoms with E-state index in [1.54, 1.807) is 0 Å².